The van der Waals surface area contributed by atoms with Gasteiger partial charge in [0.15, 0.2) is 0 Å². The molecule has 1 unspecified atom stereocenters. The molecule has 1 fully saturated rings. The van der Waals surface area contributed by atoms with Crippen LogP contribution in [0.15, 0.2) is 22.7 Å². The highest BCUT2D eigenvalue weighted by molar-refractivity contribution is 9.10. The quantitative estimate of drug-likeness (QED) is 0.852. The molecule has 0 aromatic heterocycles. The molecule has 1 aromatic carbocycles. The van der Waals surface area contributed by atoms with Crippen molar-refractivity contribution in [3.05, 3.63) is 28.2 Å². The lowest BCUT2D eigenvalue weighted by Gasteiger charge is -2.10. The van der Waals surface area contributed by atoms with Gasteiger partial charge in [-0.15, -0.1) is 0 Å². The standard InChI is InChI=1S/C13H15BrO2S/c1-16-11-2-3-12(14)10(6-11)7-13(15)9-4-5-17-8-9/h2-3,6,9H,4-5,7-8H2,1H3. The van der Waals surface area contributed by atoms with E-state index in [1.807, 2.05) is 30.0 Å². The van der Waals surface area contributed by atoms with E-state index in [0.29, 0.717) is 12.2 Å². The summed E-state index contributed by atoms with van der Waals surface area (Å²) < 4.78 is 6.16. The van der Waals surface area contributed by atoms with Crippen LogP contribution in [0, 0.1) is 5.92 Å². The first-order valence-electron chi connectivity index (χ1n) is 5.63. The van der Waals surface area contributed by atoms with Gasteiger partial charge >= 0.3 is 0 Å². The van der Waals surface area contributed by atoms with Crippen LogP contribution in [-0.4, -0.2) is 24.4 Å². The number of benzene rings is 1. The molecule has 1 aromatic rings. The second-order valence-corrected chi connectivity index (χ2v) is 6.17. The molecule has 1 aliphatic heterocycles. The third kappa shape index (κ3) is 3.26. The van der Waals surface area contributed by atoms with E-state index >= 15 is 0 Å². The molecule has 92 valence electrons. The van der Waals surface area contributed by atoms with Crippen molar-refractivity contribution in [2.75, 3.05) is 18.6 Å². The molecule has 17 heavy (non-hydrogen) atoms. The fraction of sp³-hybridized carbons (Fsp3) is 0.462. The number of Topliss-reactive ketones (excluding diaryl/α,β-unsaturated/α-hetero) is 1. The summed E-state index contributed by atoms with van der Waals surface area (Å²) in [6.07, 6.45) is 1.54. The van der Waals surface area contributed by atoms with Crippen LogP contribution in [0.2, 0.25) is 0 Å². The van der Waals surface area contributed by atoms with E-state index in [2.05, 4.69) is 15.9 Å². The molecule has 2 rings (SSSR count). The summed E-state index contributed by atoms with van der Waals surface area (Å²) in [7, 11) is 1.64. The van der Waals surface area contributed by atoms with Crippen molar-refractivity contribution in [3.63, 3.8) is 0 Å². The largest absolute Gasteiger partial charge is 0.497 e. The number of halogens is 1. The van der Waals surface area contributed by atoms with E-state index in [4.69, 9.17) is 4.74 Å². The predicted molar refractivity (Wildman–Crippen MR) is 74.8 cm³/mol. The minimum Gasteiger partial charge on any atom is -0.497 e. The Kier molecular flexibility index (Phi) is 4.51. The van der Waals surface area contributed by atoms with Gasteiger partial charge in [-0.2, -0.15) is 11.8 Å². The van der Waals surface area contributed by atoms with E-state index in [1.54, 1.807) is 7.11 Å². The SMILES string of the molecule is COc1ccc(Br)c(CC(=O)C2CCSC2)c1. The van der Waals surface area contributed by atoms with E-state index in [0.717, 1.165) is 33.7 Å². The second kappa shape index (κ2) is 5.91. The molecule has 1 atom stereocenters. The van der Waals surface area contributed by atoms with Gasteiger partial charge in [0.2, 0.25) is 0 Å². The van der Waals surface area contributed by atoms with Crippen molar-refractivity contribution in [2.45, 2.75) is 12.8 Å². The van der Waals surface area contributed by atoms with Gasteiger partial charge in [-0.25, -0.2) is 0 Å². The van der Waals surface area contributed by atoms with Crippen molar-refractivity contribution >= 4 is 33.5 Å². The smallest absolute Gasteiger partial charge is 0.141 e. The Morgan fingerprint density at radius 3 is 3.06 bits per heavy atom. The highest BCUT2D eigenvalue weighted by Gasteiger charge is 2.23. The third-order valence-corrected chi connectivity index (χ3v) is 4.94. The van der Waals surface area contributed by atoms with Crippen molar-refractivity contribution in [1.29, 1.82) is 0 Å². The zero-order chi connectivity index (χ0) is 12.3. The van der Waals surface area contributed by atoms with Gasteiger partial charge in [-0.1, -0.05) is 15.9 Å². The van der Waals surface area contributed by atoms with Gasteiger partial charge in [0.1, 0.15) is 11.5 Å². The van der Waals surface area contributed by atoms with Crippen LogP contribution in [0.5, 0.6) is 5.75 Å². The first-order chi connectivity index (χ1) is 8.20. The van der Waals surface area contributed by atoms with Crippen LogP contribution < -0.4 is 4.74 Å². The Bertz CT molecular complexity index is 414. The van der Waals surface area contributed by atoms with Gasteiger partial charge < -0.3 is 4.74 Å². The Labute approximate surface area is 114 Å². The molecule has 0 bridgehead atoms. The van der Waals surface area contributed by atoms with Crippen molar-refractivity contribution in [1.82, 2.24) is 0 Å². The van der Waals surface area contributed by atoms with E-state index in [1.165, 1.54) is 0 Å². The molecule has 0 amide bonds. The number of carbonyl (C=O) groups is 1. The maximum absolute atomic E-state index is 12.1. The monoisotopic (exact) mass is 314 g/mol. The highest BCUT2D eigenvalue weighted by Crippen LogP contribution is 2.28. The van der Waals surface area contributed by atoms with Crippen molar-refractivity contribution in [2.24, 2.45) is 5.92 Å². The van der Waals surface area contributed by atoms with Crippen LogP contribution in [0.1, 0.15) is 12.0 Å². The topological polar surface area (TPSA) is 26.3 Å². The zero-order valence-electron chi connectivity index (χ0n) is 9.74. The van der Waals surface area contributed by atoms with Gasteiger partial charge in [-0.05, 0) is 35.9 Å². The van der Waals surface area contributed by atoms with Crippen LogP contribution in [0.3, 0.4) is 0 Å². The van der Waals surface area contributed by atoms with Gasteiger partial charge in [0.05, 0.1) is 7.11 Å². The number of hydrogen-bond donors (Lipinski definition) is 0. The maximum Gasteiger partial charge on any atom is 0.141 e. The summed E-state index contributed by atoms with van der Waals surface area (Å²) in [4.78, 5) is 12.1. The molecular weight excluding hydrogens is 300 g/mol. The van der Waals surface area contributed by atoms with E-state index in [9.17, 15) is 4.79 Å². The lowest BCUT2D eigenvalue weighted by Crippen LogP contribution is -2.16. The average molecular weight is 315 g/mol. The van der Waals surface area contributed by atoms with Gasteiger partial charge in [0, 0.05) is 22.6 Å². The molecule has 1 saturated heterocycles. The number of ketones is 1. The van der Waals surface area contributed by atoms with Gasteiger partial charge in [0.25, 0.3) is 0 Å². The number of methoxy groups -OCH3 is 1. The van der Waals surface area contributed by atoms with Crippen molar-refractivity contribution < 1.29 is 9.53 Å². The summed E-state index contributed by atoms with van der Waals surface area (Å²) in [6.45, 7) is 0. The van der Waals surface area contributed by atoms with E-state index < -0.39 is 0 Å². The van der Waals surface area contributed by atoms with Crippen LogP contribution in [0.4, 0.5) is 0 Å². The Morgan fingerprint density at radius 2 is 2.41 bits per heavy atom. The minimum absolute atomic E-state index is 0.248. The lowest BCUT2D eigenvalue weighted by molar-refractivity contribution is -0.121. The molecular formula is C13H15BrO2S. The fourth-order valence-electron chi connectivity index (χ4n) is 1.93. The molecule has 4 heteroatoms. The number of hydrogen-bond acceptors (Lipinski definition) is 3. The Balaban J connectivity index is 2.09. The normalized spacial score (nSPS) is 19.3. The lowest BCUT2D eigenvalue weighted by atomic mass is 9.97. The number of thioether (sulfide) groups is 1. The predicted octanol–water partition coefficient (Wildman–Crippen LogP) is 3.32. The summed E-state index contributed by atoms with van der Waals surface area (Å²) in [5.41, 5.74) is 1.02. The summed E-state index contributed by atoms with van der Waals surface area (Å²) >= 11 is 5.36. The summed E-state index contributed by atoms with van der Waals surface area (Å²) in [5.74, 6) is 3.51. The molecule has 0 N–H and O–H groups in total. The molecule has 1 heterocycles. The Hall–Kier alpha value is -0.480. The Morgan fingerprint density at radius 1 is 1.59 bits per heavy atom. The number of ether oxygens (including phenoxy) is 1. The van der Waals surface area contributed by atoms with E-state index in [-0.39, 0.29) is 5.92 Å². The number of carbonyl (C=O) groups excluding carboxylic acids is 1. The molecule has 0 saturated carbocycles. The maximum atomic E-state index is 12.1. The fourth-order valence-corrected chi connectivity index (χ4v) is 3.58. The second-order valence-electron chi connectivity index (χ2n) is 4.16. The molecule has 1 aliphatic rings. The summed E-state index contributed by atoms with van der Waals surface area (Å²) in [6, 6.07) is 5.76. The van der Waals surface area contributed by atoms with Gasteiger partial charge in [-0.3, -0.25) is 4.79 Å². The first kappa shape index (κ1) is 13.0. The first-order valence-corrected chi connectivity index (χ1v) is 7.58. The third-order valence-electron chi connectivity index (χ3n) is 3.00. The van der Waals surface area contributed by atoms with Crippen LogP contribution in [0.25, 0.3) is 0 Å². The average Bonchev–Trinajstić information content (AvgIpc) is 2.85. The van der Waals surface area contributed by atoms with Crippen LogP contribution in [-0.2, 0) is 11.2 Å². The van der Waals surface area contributed by atoms with Crippen molar-refractivity contribution in [3.8, 4) is 5.75 Å². The molecule has 0 spiro atoms. The van der Waals surface area contributed by atoms with Crippen LogP contribution >= 0.6 is 27.7 Å². The number of rotatable bonds is 4. The zero-order valence-corrected chi connectivity index (χ0v) is 12.1. The minimum atomic E-state index is 0.248. The molecule has 0 radical (unpaired) electrons. The molecule has 2 nitrogen and oxygen atoms in total. The molecule has 0 aliphatic carbocycles. The highest BCUT2D eigenvalue weighted by atomic mass is 79.9. The summed E-state index contributed by atoms with van der Waals surface area (Å²) in [5, 5.41) is 0.